The first-order valence-corrected chi connectivity index (χ1v) is 20.5. The van der Waals surface area contributed by atoms with Crippen LogP contribution < -0.4 is 15.4 Å². The lowest BCUT2D eigenvalue weighted by Crippen LogP contribution is -2.36. The highest BCUT2D eigenvalue weighted by Gasteiger charge is 2.25. The van der Waals surface area contributed by atoms with Crippen LogP contribution in [0.4, 0.5) is 0 Å². The highest BCUT2D eigenvalue weighted by Crippen LogP contribution is 2.35. The summed E-state index contributed by atoms with van der Waals surface area (Å²) in [5, 5.41) is 8.42. The first-order valence-electron chi connectivity index (χ1n) is 18.9. The first-order chi connectivity index (χ1) is 26.3. The third-order valence-electron chi connectivity index (χ3n) is 10.2. The van der Waals surface area contributed by atoms with Gasteiger partial charge in [0.1, 0.15) is 5.75 Å². The van der Waals surface area contributed by atoms with Gasteiger partial charge < -0.3 is 20.4 Å². The van der Waals surface area contributed by atoms with Crippen LogP contribution in [0.25, 0.3) is 10.9 Å². The molecule has 5 aromatic rings. The maximum atomic E-state index is 5.46. The monoisotopic (exact) mass is 853 g/mol. The minimum Gasteiger partial charge on any atom is -0.497 e. The molecule has 2 aromatic carbocycles. The molecule has 0 bridgehead atoms. The lowest BCUT2D eigenvalue weighted by Gasteiger charge is -2.27. The van der Waals surface area contributed by atoms with Gasteiger partial charge in [-0.2, -0.15) is 0 Å². The average Bonchev–Trinajstić information content (AvgIpc) is 3.55. The summed E-state index contributed by atoms with van der Waals surface area (Å²) in [5.41, 5.74) is 8.81. The molecule has 3 N–H and O–H groups in total. The first kappa shape index (κ1) is 40.0. The van der Waals surface area contributed by atoms with Gasteiger partial charge >= 0.3 is 0 Å². The third kappa shape index (κ3) is 11.7. The van der Waals surface area contributed by atoms with Gasteiger partial charge in [-0.3, -0.25) is 19.8 Å². The number of hydrogen-bond donors (Lipinski definition) is 3. The fourth-order valence-corrected chi connectivity index (χ4v) is 7.63. The molecule has 0 saturated carbocycles. The van der Waals surface area contributed by atoms with Gasteiger partial charge in [-0.15, -0.1) is 0 Å². The minimum absolute atomic E-state index is 0.143. The van der Waals surface area contributed by atoms with Gasteiger partial charge in [0.05, 0.1) is 18.5 Å². The van der Waals surface area contributed by atoms with Gasteiger partial charge in [-0.1, -0.05) is 93.4 Å². The van der Waals surface area contributed by atoms with Crippen LogP contribution >= 0.6 is 31.9 Å². The van der Waals surface area contributed by atoms with E-state index in [9.17, 15) is 0 Å². The summed E-state index contributed by atoms with van der Waals surface area (Å²) in [5.74, 6) is 1.47. The molecule has 0 saturated heterocycles. The Balaban J connectivity index is 0.000000432. The van der Waals surface area contributed by atoms with Crippen molar-refractivity contribution in [3.05, 3.63) is 148 Å². The number of allylic oxidation sites excluding steroid dienone is 4. The predicted octanol–water partition coefficient (Wildman–Crippen LogP) is 8.53. The number of H-pyrrole nitrogens is 1. The molecule has 284 valence electrons. The smallest absolute Gasteiger partial charge is 0.119 e. The quantitative estimate of drug-likeness (QED) is 0.0720. The van der Waals surface area contributed by atoms with Crippen molar-refractivity contribution in [2.75, 3.05) is 39.8 Å². The summed E-state index contributed by atoms with van der Waals surface area (Å²) in [7, 11) is 1.73. The molecule has 4 heterocycles. The Morgan fingerprint density at radius 2 is 1.59 bits per heavy atom. The molecule has 2 atom stereocenters. The highest BCUT2D eigenvalue weighted by atomic mass is 79.9. The van der Waals surface area contributed by atoms with Crippen LogP contribution in [-0.2, 0) is 39.1 Å². The number of ether oxygens (including phenoxy) is 1. The number of nitrogens with one attached hydrogen (secondary N) is 3. The summed E-state index contributed by atoms with van der Waals surface area (Å²) >= 11 is 7.07. The Hall–Kier alpha value is -3.64. The number of aromatic nitrogens is 3. The molecule has 3 aromatic heterocycles. The van der Waals surface area contributed by atoms with Crippen molar-refractivity contribution >= 4 is 42.8 Å². The van der Waals surface area contributed by atoms with Crippen LogP contribution in [0.3, 0.4) is 0 Å². The van der Waals surface area contributed by atoms with E-state index in [1.54, 1.807) is 7.11 Å². The van der Waals surface area contributed by atoms with Crippen molar-refractivity contribution in [1.29, 1.82) is 0 Å². The molecule has 0 fully saturated rings. The summed E-state index contributed by atoms with van der Waals surface area (Å²) in [6, 6.07) is 27.6. The van der Waals surface area contributed by atoms with Gasteiger partial charge in [0.25, 0.3) is 0 Å². The predicted molar refractivity (Wildman–Crippen MR) is 229 cm³/mol. The number of pyridine rings is 2. The lowest BCUT2D eigenvalue weighted by atomic mass is 9.92. The summed E-state index contributed by atoms with van der Waals surface area (Å²) < 4.78 is 6.78. The van der Waals surface area contributed by atoms with Crippen LogP contribution in [0, 0.1) is 5.92 Å². The van der Waals surface area contributed by atoms with E-state index in [-0.39, 0.29) is 4.32 Å². The molecule has 0 amide bonds. The van der Waals surface area contributed by atoms with Gasteiger partial charge in [-0.25, -0.2) is 0 Å². The number of hydrogen-bond acceptors (Lipinski definition) is 7. The molecule has 2 unspecified atom stereocenters. The number of aromatic amines is 1. The van der Waals surface area contributed by atoms with Crippen molar-refractivity contribution in [1.82, 2.24) is 35.4 Å². The molecule has 0 radical (unpaired) electrons. The van der Waals surface area contributed by atoms with Crippen LogP contribution in [0.2, 0.25) is 0 Å². The molecule has 10 heteroatoms. The van der Waals surface area contributed by atoms with Crippen LogP contribution in [0.1, 0.15) is 47.6 Å². The minimum atomic E-state index is 0.143. The molecular weight excluding hydrogens is 802 g/mol. The molecule has 54 heavy (non-hydrogen) atoms. The second-order valence-electron chi connectivity index (χ2n) is 14.4. The van der Waals surface area contributed by atoms with E-state index in [0.29, 0.717) is 5.92 Å². The van der Waals surface area contributed by atoms with Crippen LogP contribution in [0.5, 0.6) is 5.75 Å². The van der Waals surface area contributed by atoms with Crippen LogP contribution in [0.15, 0.2) is 114 Å². The van der Waals surface area contributed by atoms with E-state index < -0.39 is 0 Å². The molecule has 1 aliphatic heterocycles. The van der Waals surface area contributed by atoms with Gasteiger partial charge in [0.15, 0.2) is 0 Å². The van der Waals surface area contributed by atoms with E-state index in [1.165, 1.54) is 37.8 Å². The van der Waals surface area contributed by atoms with Crippen molar-refractivity contribution in [3.63, 3.8) is 0 Å². The number of alkyl halides is 1. The van der Waals surface area contributed by atoms with E-state index in [0.717, 1.165) is 89.0 Å². The topological polar surface area (TPSA) is 81.3 Å². The van der Waals surface area contributed by atoms with Crippen molar-refractivity contribution < 1.29 is 4.74 Å². The fraction of sp³-hybridized carbons (Fsp3) is 0.364. The molecule has 1 aliphatic carbocycles. The number of methoxy groups -OCH3 is 1. The summed E-state index contributed by atoms with van der Waals surface area (Å²) in [6.45, 7) is 13.6. The Morgan fingerprint density at radius 1 is 0.926 bits per heavy atom. The maximum Gasteiger partial charge on any atom is 0.119 e. The lowest BCUT2D eigenvalue weighted by molar-refractivity contribution is 0.243. The maximum absolute atomic E-state index is 5.46. The Kier molecular flexibility index (Phi) is 14.7. The Labute approximate surface area is 337 Å². The van der Waals surface area contributed by atoms with E-state index in [4.69, 9.17) is 4.74 Å². The fourth-order valence-electron chi connectivity index (χ4n) is 6.84. The third-order valence-corrected chi connectivity index (χ3v) is 11.8. The molecule has 8 nitrogen and oxygen atoms in total. The Morgan fingerprint density at radius 3 is 2.19 bits per heavy atom. The van der Waals surface area contributed by atoms with Gasteiger partial charge in [-0.05, 0) is 78.4 Å². The second-order valence-corrected chi connectivity index (χ2v) is 17.0. The molecule has 0 spiro atoms. The van der Waals surface area contributed by atoms with Crippen molar-refractivity contribution in [3.8, 4) is 5.75 Å². The largest absolute Gasteiger partial charge is 0.497 e. The zero-order chi connectivity index (χ0) is 37.8. The van der Waals surface area contributed by atoms with Crippen LogP contribution in [-0.4, -0.2) is 68.9 Å². The van der Waals surface area contributed by atoms with Gasteiger partial charge in [0, 0.05) is 103 Å². The zero-order valence-corrected chi connectivity index (χ0v) is 34.9. The summed E-state index contributed by atoms with van der Waals surface area (Å²) in [6.07, 6.45) is 11.2. The average molecular weight is 856 g/mol. The normalized spacial score (nSPS) is 18.3. The second kappa shape index (κ2) is 19.8. The number of fused-ring (bicyclic) bond motifs is 3. The Bertz CT molecular complexity index is 1910. The number of benzene rings is 2. The molecule has 2 aliphatic rings. The number of nitrogens with zero attached hydrogens (tertiary/aromatic N) is 4. The molecular formula is C44H53Br2N7O. The zero-order valence-electron chi connectivity index (χ0n) is 31.7. The molecule has 7 rings (SSSR count). The standard InChI is InChI=1S/C36H43N7O.C8H10Br2/c1-44-32-12-13-35-34(22-32)33-14-19-43(27-36(33)41-35)26-29-10-8-28(9-11-29)25-42(20-17-37-23-30-6-2-4-15-39-30)21-18-38-24-31-7-3-5-16-40-31;1-6-5-7(9)3-4-8(6,2)10/h2-13,15-16,22,37-38,41H,14,17-21,23-27H2,1H3;3-6H,1-2H3. The van der Waals surface area contributed by atoms with E-state index in [2.05, 4.69) is 148 Å². The SMILES string of the molecule is CC1C=C(Br)C=CC1(C)Br.COc1ccc2[nH]c3c(c2c1)CCN(Cc1ccc(CN(CCNCc2ccccn2)CCNCc2ccccn2)cc1)C3. The highest BCUT2D eigenvalue weighted by molar-refractivity contribution is 9.12. The van der Waals surface area contributed by atoms with E-state index in [1.807, 2.05) is 42.7 Å². The van der Waals surface area contributed by atoms with Crippen molar-refractivity contribution in [2.45, 2.75) is 57.3 Å². The number of halogens is 2. The summed E-state index contributed by atoms with van der Waals surface area (Å²) in [4.78, 5) is 17.6. The van der Waals surface area contributed by atoms with E-state index >= 15 is 0 Å². The van der Waals surface area contributed by atoms with Gasteiger partial charge in [0.2, 0.25) is 0 Å². The number of rotatable bonds is 15. The van der Waals surface area contributed by atoms with Crippen molar-refractivity contribution in [2.24, 2.45) is 5.92 Å².